The molecular formula is C24H24BrFN2O3S. The van der Waals surface area contributed by atoms with Crippen molar-refractivity contribution in [1.29, 1.82) is 0 Å². The average molecular weight is 519 g/mol. The van der Waals surface area contributed by atoms with Gasteiger partial charge in [-0.2, -0.15) is 4.31 Å². The molecule has 1 atom stereocenters. The summed E-state index contributed by atoms with van der Waals surface area (Å²) in [6.07, 6.45) is 0. The Morgan fingerprint density at radius 3 is 2.28 bits per heavy atom. The Morgan fingerprint density at radius 1 is 1.03 bits per heavy atom. The van der Waals surface area contributed by atoms with E-state index in [2.05, 4.69) is 21.2 Å². The summed E-state index contributed by atoms with van der Waals surface area (Å²) in [6.45, 7) is 2.97. The van der Waals surface area contributed by atoms with Gasteiger partial charge in [-0.25, -0.2) is 12.8 Å². The molecule has 0 heterocycles. The number of hydrogen-bond donors (Lipinski definition) is 1. The molecule has 168 valence electrons. The summed E-state index contributed by atoms with van der Waals surface area (Å²) in [5.74, 6) is -1.01. The molecule has 3 aromatic rings. The fourth-order valence-corrected chi connectivity index (χ4v) is 4.82. The molecule has 0 spiro atoms. The molecule has 0 aliphatic rings. The Bertz CT molecular complexity index is 1180. The number of nitrogens with zero attached hydrogens (tertiary/aromatic N) is 1. The van der Waals surface area contributed by atoms with Gasteiger partial charge in [0.1, 0.15) is 5.82 Å². The first-order valence-electron chi connectivity index (χ1n) is 10.0. The molecule has 0 aliphatic carbocycles. The van der Waals surface area contributed by atoms with Crippen LogP contribution in [0.25, 0.3) is 0 Å². The molecule has 0 saturated carbocycles. The van der Waals surface area contributed by atoms with Gasteiger partial charge in [0.15, 0.2) is 0 Å². The van der Waals surface area contributed by atoms with E-state index in [0.717, 1.165) is 19.9 Å². The number of amides is 1. The van der Waals surface area contributed by atoms with Crippen LogP contribution in [-0.4, -0.2) is 25.2 Å². The van der Waals surface area contributed by atoms with E-state index < -0.39 is 28.3 Å². The second-order valence-corrected chi connectivity index (χ2v) is 10.4. The van der Waals surface area contributed by atoms with Gasteiger partial charge in [-0.3, -0.25) is 4.79 Å². The second-order valence-electron chi connectivity index (χ2n) is 7.52. The number of nitrogens with one attached hydrogen (secondary N) is 1. The van der Waals surface area contributed by atoms with Crippen molar-refractivity contribution in [2.75, 3.05) is 6.54 Å². The molecule has 0 unspecified atom stereocenters. The van der Waals surface area contributed by atoms with Gasteiger partial charge in [0.25, 0.3) is 0 Å². The summed E-state index contributed by atoms with van der Waals surface area (Å²) >= 11 is 3.37. The van der Waals surface area contributed by atoms with Crippen molar-refractivity contribution < 1.29 is 17.6 Å². The molecule has 0 radical (unpaired) electrons. The highest BCUT2D eigenvalue weighted by Crippen LogP contribution is 2.21. The van der Waals surface area contributed by atoms with Crippen LogP contribution in [0, 0.1) is 12.7 Å². The van der Waals surface area contributed by atoms with Crippen LogP contribution >= 0.6 is 15.9 Å². The largest absolute Gasteiger partial charge is 0.348 e. The lowest BCUT2D eigenvalue weighted by Gasteiger charge is -2.23. The molecular weight excluding hydrogens is 495 g/mol. The number of aryl methyl sites for hydroxylation is 1. The maximum Gasteiger partial charge on any atom is 0.243 e. The first-order chi connectivity index (χ1) is 15.2. The van der Waals surface area contributed by atoms with E-state index in [9.17, 15) is 17.6 Å². The van der Waals surface area contributed by atoms with Crippen LogP contribution in [0.4, 0.5) is 4.39 Å². The molecule has 0 saturated heterocycles. The number of halogens is 2. The normalized spacial score (nSPS) is 12.5. The fourth-order valence-electron chi connectivity index (χ4n) is 3.18. The minimum Gasteiger partial charge on any atom is -0.348 e. The van der Waals surface area contributed by atoms with Crippen LogP contribution in [0.15, 0.2) is 82.2 Å². The van der Waals surface area contributed by atoms with Gasteiger partial charge >= 0.3 is 0 Å². The highest BCUT2D eigenvalue weighted by atomic mass is 79.9. The van der Waals surface area contributed by atoms with Gasteiger partial charge in [0, 0.05) is 16.6 Å². The lowest BCUT2D eigenvalue weighted by atomic mass is 10.1. The first-order valence-corrected chi connectivity index (χ1v) is 12.2. The van der Waals surface area contributed by atoms with E-state index in [1.54, 1.807) is 18.2 Å². The zero-order valence-electron chi connectivity index (χ0n) is 17.8. The van der Waals surface area contributed by atoms with Crippen molar-refractivity contribution in [1.82, 2.24) is 9.62 Å². The van der Waals surface area contributed by atoms with Gasteiger partial charge in [-0.15, -0.1) is 0 Å². The Labute approximate surface area is 196 Å². The quantitative estimate of drug-likeness (QED) is 0.458. The van der Waals surface area contributed by atoms with Crippen LogP contribution in [0.3, 0.4) is 0 Å². The Balaban J connectivity index is 1.84. The first kappa shape index (κ1) is 24.1. The number of hydrogen-bond acceptors (Lipinski definition) is 3. The van der Waals surface area contributed by atoms with Crippen molar-refractivity contribution in [3.8, 4) is 0 Å². The smallest absolute Gasteiger partial charge is 0.243 e. The van der Waals surface area contributed by atoms with E-state index in [4.69, 9.17) is 0 Å². The van der Waals surface area contributed by atoms with Crippen LogP contribution in [0.5, 0.6) is 0 Å². The number of benzene rings is 3. The molecule has 0 fully saturated rings. The fraction of sp³-hybridized carbons (Fsp3) is 0.208. The summed E-state index contributed by atoms with van der Waals surface area (Å²) in [4.78, 5) is 12.8. The van der Waals surface area contributed by atoms with Crippen molar-refractivity contribution in [2.24, 2.45) is 0 Å². The van der Waals surface area contributed by atoms with Gasteiger partial charge in [0.05, 0.1) is 17.5 Å². The van der Waals surface area contributed by atoms with Gasteiger partial charge in [0.2, 0.25) is 15.9 Å². The van der Waals surface area contributed by atoms with Crippen molar-refractivity contribution in [3.05, 3.63) is 99.8 Å². The molecule has 3 rings (SSSR count). The monoisotopic (exact) mass is 518 g/mol. The minimum atomic E-state index is -4.03. The van der Waals surface area contributed by atoms with E-state index in [0.29, 0.717) is 0 Å². The predicted molar refractivity (Wildman–Crippen MR) is 126 cm³/mol. The summed E-state index contributed by atoms with van der Waals surface area (Å²) in [6, 6.07) is 19.4. The topological polar surface area (TPSA) is 66.5 Å². The third-order valence-electron chi connectivity index (χ3n) is 5.03. The van der Waals surface area contributed by atoms with Gasteiger partial charge < -0.3 is 5.32 Å². The molecule has 5 nitrogen and oxygen atoms in total. The van der Waals surface area contributed by atoms with Crippen LogP contribution in [0.2, 0.25) is 0 Å². The Kier molecular flexibility index (Phi) is 7.82. The summed E-state index contributed by atoms with van der Waals surface area (Å²) in [7, 11) is -4.03. The highest BCUT2D eigenvalue weighted by molar-refractivity contribution is 9.10. The number of carbonyl (C=O) groups excluding carboxylic acids is 1. The second kappa shape index (κ2) is 10.4. The van der Waals surface area contributed by atoms with Crippen molar-refractivity contribution >= 4 is 31.9 Å². The molecule has 0 aromatic heterocycles. The molecule has 1 amide bonds. The highest BCUT2D eigenvalue weighted by Gasteiger charge is 2.28. The Hall–Kier alpha value is -2.55. The molecule has 32 heavy (non-hydrogen) atoms. The third kappa shape index (κ3) is 6.03. The van der Waals surface area contributed by atoms with E-state index in [-0.39, 0.29) is 23.0 Å². The molecule has 8 heteroatoms. The maximum atomic E-state index is 14.3. The summed E-state index contributed by atoms with van der Waals surface area (Å²) in [5, 5.41) is 2.83. The van der Waals surface area contributed by atoms with Crippen molar-refractivity contribution in [2.45, 2.75) is 31.3 Å². The zero-order valence-corrected chi connectivity index (χ0v) is 20.2. The van der Waals surface area contributed by atoms with E-state index in [1.807, 2.05) is 38.1 Å². The molecule has 0 aliphatic heterocycles. The van der Waals surface area contributed by atoms with Crippen LogP contribution in [-0.2, 0) is 21.4 Å². The third-order valence-corrected chi connectivity index (χ3v) is 7.37. The number of rotatable bonds is 8. The zero-order chi connectivity index (χ0) is 23.3. The molecule has 0 bridgehead atoms. The van der Waals surface area contributed by atoms with Gasteiger partial charge in [-0.05, 0) is 49.7 Å². The Morgan fingerprint density at radius 2 is 1.66 bits per heavy atom. The van der Waals surface area contributed by atoms with Gasteiger partial charge in [-0.1, -0.05) is 64.0 Å². The molecule has 3 aromatic carbocycles. The standard InChI is InChI=1S/C24H24BrFN2O3S/c1-17-7-13-22(14-8-17)32(30,31)28(15-20-5-3-4-6-23(20)26)16-24(29)27-18(2)19-9-11-21(25)12-10-19/h3-14,18H,15-16H2,1-2H3,(H,27,29)/t18-/m0/s1. The number of carbonyl (C=O) groups is 1. The van der Waals surface area contributed by atoms with Crippen molar-refractivity contribution in [3.63, 3.8) is 0 Å². The van der Waals surface area contributed by atoms with E-state index >= 15 is 0 Å². The molecule has 1 N–H and O–H groups in total. The lowest BCUT2D eigenvalue weighted by Crippen LogP contribution is -2.41. The van der Waals surface area contributed by atoms with Crippen LogP contribution < -0.4 is 5.32 Å². The summed E-state index contributed by atoms with van der Waals surface area (Å²) < 4.78 is 42.8. The lowest BCUT2D eigenvalue weighted by molar-refractivity contribution is -0.122. The van der Waals surface area contributed by atoms with E-state index in [1.165, 1.54) is 30.3 Å². The number of sulfonamides is 1. The SMILES string of the molecule is Cc1ccc(S(=O)(=O)N(CC(=O)N[C@@H](C)c2ccc(Br)cc2)Cc2ccccc2F)cc1. The van der Waals surface area contributed by atoms with Crippen LogP contribution in [0.1, 0.15) is 29.7 Å². The summed E-state index contributed by atoms with van der Waals surface area (Å²) in [5.41, 5.74) is 1.98. The minimum absolute atomic E-state index is 0.0493. The maximum absolute atomic E-state index is 14.3. The predicted octanol–water partition coefficient (Wildman–Crippen LogP) is 4.96. The average Bonchev–Trinajstić information content (AvgIpc) is 2.75.